The number of rotatable bonds is 3. The molecule has 1 N–H and O–H groups in total. The van der Waals surface area contributed by atoms with Gasteiger partial charge in [-0.25, -0.2) is 0 Å². The molecule has 0 spiro atoms. The second kappa shape index (κ2) is 5.45. The van der Waals surface area contributed by atoms with E-state index in [0.29, 0.717) is 0 Å². The molecular weight excluding hydrogens is 264 g/mol. The van der Waals surface area contributed by atoms with Crippen LogP contribution in [0.15, 0.2) is 36.5 Å². The van der Waals surface area contributed by atoms with Crippen molar-refractivity contribution in [2.75, 3.05) is 13.1 Å². The highest BCUT2D eigenvalue weighted by Crippen LogP contribution is 2.31. The molecule has 4 nitrogen and oxygen atoms in total. The van der Waals surface area contributed by atoms with Crippen LogP contribution in [0.1, 0.15) is 25.3 Å². The van der Waals surface area contributed by atoms with Crippen molar-refractivity contribution in [3.63, 3.8) is 0 Å². The van der Waals surface area contributed by atoms with Crippen molar-refractivity contribution < 1.29 is 9.90 Å². The van der Waals surface area contributed by atoms with E-state index in [4.69, 9.17) is 0 Å². The molecule has 1 aromatic carbocycles. The van der Waals surface area contributed by atoms with Crippen molar-refractivity contribution in [2.24, 2.45) is 5.41 Å². The lowest BCUT2D eigenvalue weighted by atomic mass is 9.80. The van der Waals surface area contributed by atoms with Crippen LogP contribution in [-0.2, 0) is 11.3 Å². The second-order valence-electron chi connectivity index (χ2n) is 6.17. The lowest BCUT2D eigenvalue weighted by Crippen LogP contribution is -2.42. The van der Waals surface area contributed by atoms with Crippen molar-refractivity contribution in [2.45, 2.75) is 26.3 Å². The molecular formula is C17H20N2O2. The minimum absolute atomic E-state index is 0.552. The standard InChI is InChI=1S/C17H20N2O2/c1-17(16(20)21)6-9-19(10-7-17)12-13-4-5-15-14(11-13)3-2-8-18-15/h2-5,8,11H,6-7,9-10,12H2,1H3,(H,20,21). The summed E-state index contributed by atoms with van der Waals surface area (Å²) in [6.45, 7) is 4.41. The van der Waals surface area contributed by atoms with Gasteiger partial charge in [0.1, 0.15) is 0 Å². The molecule has 0 radical (unpaired) electrons. The molecule has 21 heavy (non-hydrogen) atoms. The van der Waals surface area contributed by atoms with E-state index in [1.807, 2.05) is 13.0 Å². The third kappa shape index (κ3) is 2.90. The van der Waals surface area contributed by atoms with Gasteiger partial charge in [0.15, 0.2) is 0 Å². The molecule has 1 aliphatic rings. The van der Waals surface area contributed by atoms with Gasteiger partial charge in [0.05, 0.1) is 10.9 Å². The highest BCUT2D eigenvalue weighted by molar-refractivity contribution is 5.78. The highest BCUT2D eigenvalue weighted by Gasteiger charge is 2.36. The number of benzene rings is 1. The monoisotopic (exact) mass is 284 g/mol. The Kier molecular flexibility index (Phi) is 3.64. The molecule has 0 saturated carbocycles. The normalized spacial score (nSPS) is 18.7. The lowest BCUT2D eigenvalue weighted by Gasteiger charge is -2.36. The number of fused-ring (bicyclic) bond motifs is 1. The van der Waals surface area contributed by atoms with Gasteiger partial charge < -0.3 is 5.11 Å². The number of nitrogens with zero attached hydrogens (tertiary/aromatic N) is 2. The Hall–Kier alpha value is -1.94. The van der Waals surface area contributed by atoms with Crippen molar-refractivity contribution in [3.8, 4) is 0 Å². The fourth-order valence-corrected chi connectivity index (χ4v) is 2.90. The topological polar surface area (TPSA) is 53.4 Å². The van der Waals surface area contributed by atoms with E-state index in [2.05, 4.69) is 34.1 Å². The van der Waals surface area contributed by atoms with Crippen molar-refractivity contribution in [3.05, 3.63) is 42.1 Å². The molecule has 2 aromatic rings. The van der Waals surface area contributed by atoms with Gasteiger partial charge in [0, 0.05) is 18.1 Å². The largest absolute Gasteiger partial charge is 0.481 e. The zero-order valence-corrected chi connectivity index (χ0v) is 12.2. The van der Waals surface area contributed by atoms with Crippen LogP contribution < -0.4 is 0 Å². The molecule has 0 atom stereocenters. The van der Waals surface area contributed by atoms with E-state index >= 15 is 0 Å². The summed E-state index contributed by atoms with van der Waals surface area (Å²) in [6, 6.07) is 10.4. The van der Waals surface area contributed by atoms with E-state index in [1.165, 1.54) is 5.56 Å². The average Bonchev–Trinajstić information content (AvgIpc) is 2.49. The Labute approximate surface area is 124 Å². The van der Waals surface area contributed by atoms with Gasteiger partial charge in [-0.1, -0.05) is 12.1 Å². The van der Waals surface area contributed by atoms with Gasteiger partial charge in [0.25, 0.3) is 0 Å². The molecule has 4 heteroatoms. The molecule has 0 bridgehead atoms. The fourth-order valence-electron chi connectivity index (χ4n) is 2.90. The first-order valence-electron chi connectivity index (χ1n) is 7.36. The molecule has 0 amide bonds. The Morgan fingerprint density at radius 2 is 2.10 bits per heavy atom. The first-order valence-corrected chi connectivity index (χ1v) is 7.36. The second-order valence-corrected chi connectivity index (χ2v) is 6.17. The van der Waals surface area contributed by atoms with E-state index in [9.17, 15) is 9.90 Å². The number of aliphatic carboxylic acids is 1. The van der Waals surface area contributed by atoms with E-state index < -0.39 is 11.4 Å². The van der Waals surface area contributed by atoms with Crippen LogP contribution in [0.25, 0.3) is 10.9 Å². The smallest absolute Gasteiger partial charge is 0.309 e. The number of carboxylic acids is 1. The summed E-state index contributed by atoms with van der Waals surface area (Å²) in [5.74, 6) is -0.668. The number of pyridine rings is 1. The fraction of sp³-hybridized carbons (Fsp3) is 0.412. The van der Waals surface area contributed by atoms with Crippen LogP contribution in [0, 0.1) is 5.41 Å². The van der Waals surface area contributed by atoms with Crippen molar-refractivity contribution in [1.82, 2.24) is 9.88 Å². The SMILES string of the molecule is CC1(C(=O)O)CCN(Cc2ccc3ncccc3c2)CC1. The molecule has 1 aromatic heterocycles. The van der Waals surface area contributed by atoms with E-state index in [1.54, 1.807) is 6.20 Å². The summed E-state index contributed by atoms with van der Waals surface area (Å²) in [5.41, 5.74) is 1.72. The van der Waals surface area contributed by atoms with Crippen LogP contribution in [0.5, 0.6) is 0 Å². The van der Waals surface area contributed by atoms with Crippen LogP contribution >= 0.6 is 0 Å². The van der Waals surface area contributed by atoms with Crippen LogP contribution in [0.3, 0.4) is 0 Å². The van der Waals surface area contributed by atoms with Crippen LogP contribution in [0.2, 0.25) is 0 Å². The molecule has 1 fully saturated rings. The first kappa shape index (κ1) is 14.0. The van der Waals surface area contributed by atoms with Crippen molar-refractivity contribution in [1.29, 1.82) is 0 Å². The number of aromatic nitrogens is 1. The van der Waals surface area contributed by atoms with Gasteiger partial charge in [-0.2, -0.15) is 0 Å². The summed E-state index contributed by atoms with van der Waals surface area (Å²) in [5, 5.41) is 10.4. The number of hydrogen-bond acceptors (Lipinski definition) is 3. The Morgan fingerprint density at radius 1 is 1.33 bits per heavy atom. The van der Waals surface area contributed by atoms with Crippen molar-refractivity contribution >= 4 is 16.9 Å². The zero-order valence-electron chi connectivity index (χ0n) is 12.2. The summed E-state index contributed by atoms with van der Waals surface area (Å²) >= 11 is 0. The zero-order chi connectivity index (χ0) is 14.9. The first-order chi connectivity index (χ1) is 10.1. The molecule has 3 rings (SSSR count). The molecule has 1 saturated heterocycles. The van der Waals surface area contributed by atoms with Gasteiger partial charge >= 0.3 is 5.97 Å². The molecule has 0 aliphatic carbocycles. The third-order valence-electron chi connectivity index (χ3n) is 4.55. The summed E-state index contributed by atoms with van der Waals surface area (Å²) in [4.78, 5) is 17.9. The Morgan fingerprint density at radius 3 is 2.81 bits per heavy atom. The molecule has 2 heterocycles. The summed E-state index contributed by atoms with van der Waals surface area (Å²) in [6.07, 6.45) is 3.24. The van der Waals surface area contributed by atoms with E-state index in [-0.39, 0.29) is 0 Å². The van der Waals surface area contributed by atoms with Crippen LogP contribution in [0.4, 0.5) is 0 Å². The molecule has 0 unspecified atom stereocenters. The average molecular weight is 284 g/mol. The summed E-state index contributed by atoms with van der Waals surface area (Å²) in [7, 11) is 0. The van der Waals surface area contributed by atoms with Gasteiger partial charge in [-0.3, -0.25) is 14.7 Å². The molecule has 110 valence electrons. The van der Waals surface area contributed by atoms with Gasteiger partial charge in [-0.05, 0) is 56.6 Å². The number of carbonyl (C=O) groups is 1. The van der Waals surface area contributed by atoms with E-state index in [0.717, 1.165) is 43.4 Å². The van der Waals surface area contributed by atoms with Gasteiger partial charge in [-0.15, -0.1) is 0 Å². The maximum atomic E-state index is 11.3. The van der Waals surface area contributed by atoms with Gasteiger partial charge in [0.2, 0.25) is 0 Å². The highest BCUT2D eigenvalue weighted by atomic mass is 16.4. The quantitative estimate of drug-likeness (QED) is 0.941. The maximum absolute atomic E-state index is 11.3. The molecule has 1 aliphatic heterocycles. The maximum Gasteiger partial charge on any atom is 0.309 e. The Balaban J connectivity index is 1.68. The number of piperidine rings is 1. The Bertz CT molecular complexity index is 661. The predicted molar refractivity (Wildman–Crippen MR) is 82.0 cm³/mol. The lowest BCUT2D eigenvalue weighted by molar-refractivity contribution is -0.150. The third-order valence-corrected chi connectivity index (χ3v) is 4.55. The number of hydrogen-bond donors (Lipinski definition) is 1. The number of likely N-dealkylation sites (tertiary alicyclic amines) is 1. The predicted octanol–water partition coefficient (Wildman–Crippen LogP) is 2.92. The minimum Gasteiger partial charge on any atom is -0.481 e. The summed E-state index contributed by atoms with van der Waals surface area (Å²) < 4.78 is 0. The number of carboxylic acid groups (broad SMARTS) is 1. The van der Waals surface area contributed by atoms with Crippen LogP contribution in [-0.4, -0.2) is 34.0 Å². The minimum atomic E-state index is -0.668.